The Morgan fingerprint density at radius 3 is 2.57 bits per heavy atom. The normalized spacial score (nSPS) is 15.1. The Balaban J connectivity index is 2.38. The molecule has 2 nitrogen and oxygen atoms in total. The first kappa shape index (κ1) is 9.59. The fraction of sp³-hybridized carbons (Fsp3) is 0.273. The first-order chi connectivity index (χ1) is 6.68. The lowest BCUT2D eigenvalue weighted by atomic mass is 10.2. The van der Waals surface area contributed by atoms with Gasteiger partial charge in [-0.1, -0.05) is 12.2 Å². The molecule has 1 aromatic rings. The van der Waals surface area contributed by atoms with Crippen molar-refractivity contribution >= 4 is 27.3 Å². The van der Waals surface area contributed by atoms with E-state index in [1.807, 2.05) is 13.0 Å². The van der Waals surface area contributed by atoms with Crippen molar-refractivity contribution in [3.8, 4) is 0 Å². The Morgan fingerprint density at radius 2 is 1.93 bits per heavy atom. The van der Waals surface area contributed by atoms with E-state index in [4.69, 9.17) is 5.73 Å². The zero-order valence-electron chi connectivity index (χ0n) is 8.13. The number of hydrogen-bond donors (Lipinski definition) is 1. The maximum atomic E-state index is 5.89. The van der Waals surface area contributed by atoms with Gasteiger partial charge >= 0.3 is 0 Å². The van der Waals surface area contributed by atoms with Crippen LogP contribution < -0.4 is 10.6 Å². The third kappa shape index (κ3) is 1.64. The van der Waals surface area contributed by atoms with Gasteiger partial charge in [0.25, 0.3) is 0 Å². The van der Waals surface area contributed by atoms with Crippen molar-refractivity contribution in [3.63, 3.8) is 0 Å². The van der Waals surface area contributed by atoms with E-state index in [1.54, 1.807) is 0 Å². The molecule has 14 heavy (non-hydrogen) atoms. The van der Waals surface area contributed by atoms with Gasteiger partial charge in [0.15, 0.2) is 0 Å². The minimum absolute atomic E-state index is 0.857. The van der Waals surface area contributed by atoms with Crippen molar-refractivity contribution < 1.29 is 0 Å². The molecule has 1 heterocycles. The Labute approximate surface area is 92.5 Å². The summed E-state index contributed by atoms with van der Waals surface area (Å²) >= 11 is 3.57. The van der Waals surface area contributed by atoms with Crippen LogP contribution in [0.3, 0.4) is 0 Å². The van der Waals surface area contributed by atoms with E-state index in [9.17, 15) is 0 Å². The van der Waals surface area contributed by atoms with Gasteiger partial charge in [-0.15, -0.1) is 0 Å². The molecule has 74 valence electrons. The van der Waals surface area contributed by atoms with E-state index in [0.717, 1.165) is 28.8 Å². The van der Waals surface area contributed by atoms with E-state index in [-0.39, 0.29) is 0 Å². The first-order valence-corrected chi connectivity index (χ1v) is 5.43. The van der Waals surface area contributed by atoms with Crippen molar-refractivity contribution in [2.75, 3.05) is 23.7 Å². The molecule has 2 rings (SSSR count). The molecule has 1 aliphatic rings. The van der Waals surface area contributed by atoms with Gasteiger partial charge in [-0.05, 0) is 40.5 Å². The SMILES string of the molecule is Cc1cc(Br)c(N2CC=CC2)cc1N. The lowest BCUT2D eigenvalue weighted by Gasteiger charge is -2.20. The summed E-state index contributed by atoms with van der Waals surface area (Å²) < 4.78 is 1.12. The Kier molecular flexibility index (Phi) is 2.50. The van der Waals surface area contributed by atoms with Gasteiger partial charge in [0.05, 0.1) is 5.69 Å². The molecule has 0 aromatic heterocycles. The topological polar surface area (TPSA) is 29.3 Å². The van der Waals surface area contributed by atoms with Gasteiger partial charge in [-0.25, -0.2) is 0 Å². The maximum absolute atomic E-state index is 5.89. The van der Waals surface area contributed by atoms with Crippen LogP contribution in [0.5, 0.6) is 0 Å². The van der Waals surface area contributed by atoms with Crippen LogP contribution in [0.15, 0.2) is 28.8 Å². The van der Waals surface area contributed by atoms with Gasteiger partial charge in [0.2, 0.25) is 0 Å². The molecule has 0 atom stereocenters. The van der Waals surface area contributed by atoms with Gasteiger partial charge in [0, 0.05) is 23.2 Å². The van der Waals surface area contributed by atoms with Crippen molar-refractivity contribution in [2.24, 2.45) is 0 Å². The van der Waals surface area contributed by atoms with E-state index < -0.39 is 0 Å². The largest absolute Gasteiger partial charge is 0.398 e. The van der Waals surface area contributed by atoms with Crippen LogP contribution in [-0.4, -0.2) is 13.1 Å². The van der Waals surface area contributed by atoms with Crippen LogP contribution in [0, 0.1) is 6.92 Å². The summed E-state index contributed by atoms with van der Waals surface area (Å²) in [6.07, 6.45) is 4.34. The number of nitrogens with zero attached hydrogens (tertiary/aromatic N) is 1. The molecule has 1 aliphatic heterocycles. The monoisotopic (exact) mass is 252 g/mol. The van der Waals surface area contributed by atoms with Crippen molar-refractivity contribution in [3.05, 3.63) is 34.3 Å². The Morgan fingerprint density at radius 1 is 1.29 bits per heavy atom. The average Bonchev–Trinajstić information content (AvgIpc) is 2.64. The smallest absolute Gasteiger partial charge is 0.0537 e. The Bertz CT molecular complexity index is 377. The van der Waals surface area contributed by atoms with Crippen molar-refractivity contribution in [2.45, 2.75) is 6.92 Å². The van der Waals surface area contributed by atoms with Crippen LogP contribution in [0.4, 0.5) is 11.4 Å². The van der Waals surface area contributed by atoms with Gasteiger partial charge in [-0.2, -0.15) is 0 Å². The highest BCUT2D eigenvalue weighted by atomic mass is 79.9. The van der Waals surface area contributed by atoms with E-state index in [2.05, 4.69) is 39.0 Å². The molecular formula is C11H13BrN2. The first-order valence-electron chi connectivity index (χ1n) is 4.64. The molecule has 2 N–H and O–H groups in total. The predicted octanol–water partition coefficient (Wildman–Crippen LogP) is 2.72. The third-order valence-electron chi connectivity index (χ3n) is 2.49. The third-order valence-corrected chi connectivity index (χ3v) is 3.13. The van der Waals surface area contributed by atoms with Crippen LogP contribution in [0.2, 0.25) is 0 Å². The van der Waals surface area contributed by atoms with Crippen LogP contribution in [-0.2, 0) is 0 Å². The molecule has 0 bridgehead atoms. The van der Waals surface area contributed by atoms with Crippen molar-refractivity contribution in [1.29, 1.82) is 0 Å². The highest BCUT2D eigenvalue weighted by Crippen LogP contribution is 2.31. The zero-order chi connectivity index (χ0) is 10.1. The summed E-state index contributed by atoms with van der Waals surface area (Å²) in [5, 5.41) is 0. The molecule has 0 fully saturated rings. The number of hydrogen-bond acceptors (Lipinski definition) is 2. The van der Waals surface area contributed by atoms with E-state index in [1.165, 1.54) is 5.69 Å². The van der Waals surface area contributed by atoms with Crippen LogP contribution in [0.25, 0.3) is 0 Å². The highest BCUT2D eigenvalue weighted by molar-refractivity contribution is 9.10. The molecule has 0 unspecified atom stereocenters. The second-order valence-corrected chi connectivity index (χ2v) is 4.39. The number of benzene rings is 1. The Hall–Kier alpha value is -0.960. The minimum atomic E-state index is 0.857. The quantitative estimate of drug-likeness (QED) is 0.616. The van der Waals surface area contributed by atoms with Crippen molar-refractivity contribution in [1.82, 2.24) is 0 Å². The van der Waals surface area contributed by atoms with Crippen LogP contribution >= 0.6 is 15.9 Å². The number of rotatable bonds is 1. The maximum Gasteiger partial charge on any atom is 0.0537 e. The molecule has 0 spiro atoms. The predicted molar refractivity (Wildman–Crippen MR) is 64.6 cm³/mol. The fourth-order valence-electron chi connectivity index (χ4n) is 1.59. The summed E-state index contributed by atoms with van der Waals surface area (Å²) in [5.74, 6) is 0. The fourth-order valence-corrected chi connectivity index (χ4v) is 2.30. The molecule has 3 heteroatoms. The summed E-state index contributed by atoms with van der Waals surface area (Å²) in [6.45, 7) is 3.97. The standard InChI is InChI=1S/C11H13BrN2/c1-8-6-9(12)11(7-10(8)13)14-4-2-3-5-14/h2-3,6-7H,4-5,13H2,1H3. The summed E-state index contributed by atoms with van der Waals surface area (Å²) in [7, 11) is 0. The zero-order valence-corrected chi connectivity index (χ0v) is 9.71. The number of halogens is 1. The number of nitrogens with two attached hydrogens (primary N) is 1. The molecular weight excluding hydrogens is 240 g/mol. The molecule has 1 aromatic carbocycles. The number of anilines is 2. The van der Waals surface area contributed by atoms with E-state index >= 15 is 0 Å². The highest BCUT2D eigenvalue weighted by Gasteiger charge is 2.12. The average molecular weight is 253 g/mol. The summed E-state index contributed by atoms with van der Waals surface area (Å²) in [5.41, 5.74) is 9.04. The van der Waals surface area contributed by atoms with Crippen LogP contribution in [0.1, 0.15) is 5.56 Å². The minimum Gasteiger partial charge on any atom is -0.398 e. The molecule has 0 amide bonds. The molecule has 0 saturated carbocycles. The molecule has 0 radical (unpaired) electrons. The van der Waals surface area contributed by atoms with E-state index in [0.29, 0.717) is 0 Å². The molecule has 0 saturated heterocycles. The number of nitrogen functional groups attached to an aromatic ring is 1. The summed E-state index contributed by atoms with van der Waals surface area (Å²) in [4.78, 5) is 2.28. The lowest BCUT2D eigenvalue weighted by molar-refractivity contribution is 1.00. The second kappa shape index (κ2) is 3.65. The summed E-state index contributed by atoms with van der Waals surface area (Å²) in [6, 6.07) is 4.11. The number of aryl methyl sites for hydroxylation is 1. The van der Waals surface area contributed by atoms with Gasteiger partial charge in [-0.3, -0.25) is 0 Å². The van der Waals surface area contributed by atoms with Gasteiger partial charge in [0.1, 0.15) is 0 Å². The lowest BCUT2D eigenvalue weighted by Crippen LogP contribution is -2.19. The second-order valence-electron chi connectivity index (χ2n) is 3.54. The van der Waals surface area contributed by atoms with Gasteiger partial charge < -0.3 is 10.6 Å². The molecule has 0 aliphatic carbocycles.